The molecular weight excluding hydrogens is 238 g/mol. The highest BCUT2D eigenvalue weighted by Crippen LogP contribution is 2.21. The van der Waals surface area contributed by atoms with Crippen molar-refractivity contribution in [2.75, 3.05) is 6.54 Å². The van der Waals surface area contributed by atoms with Gasteiger partial charge in [-0.2, -0.15) is 0 Å². The minimum atomic E-state index is 0.766. The number of nitrogens with one attached hydrogen (secondary N) is 3. The summed E-state index contributed by atoms with van der Waals surface area (Å²) in [5.41, 5.74) is 4.19. The minimum Gasteiger partial charge on any atom is -0.342 e. The Hall–Kier alpha value is -2.14. The van der Waals surface area contributed by atoms with Gasteiger partial charge in [0.1, 0.15) is 11.6 Å². The molecule has 5 heteroatoms. The van der Waals surface area contributed by atoms with Crippen molar-refractivity contribution >= 4 is 11.0 Å². The fourth-order valence-corrected chi connectivity index (χ4v) is 2.15. The summed E-state index contributed by atoms with van der Waals surface area (Å²) in [4.78, 5) is 15.4. The Labute approximate surface area is 111 Å². The summed E-state index contributed by atoms with van der Waals surface area (Å²) < 4.78 is 0. The minimum absolute atomic E-state index is 0.766. The molecule has 3 N–H and O–H groups in total. The van der Waals surface area contributed by atoms with Gasteiger partial charge < -0.3 is 15.3 Å². The topological polar surface area (TPSA) is 69.4 Å². The maximum absolute atomic E-state index is 4.40. The zero-order valence-electron chi connectivity index (χ0n) is 11.1. The van der Waals surface area contributed by atoms with E-state index in [1.165, 1.54) is 0 Å². The van der Waals surface area contributed by atoms with Crippen molar-refractivity contribution in [3.63, 3.8) is 0 Å². The van der Waals surface area contributed by atoms with E-state index >= 15 is 0 Å². The van der Waals surface area contributed by atoms with Crippen molar-refractivity contribution in [3.05, 3.63) is 36.0 Å². The third-order valence-corrected chi connectivity index (χ3v) is 3.08. The molecule has 2 aromatic heterocycles. The predicted octanol–water partition coefficient (Wildman–Crippen LogP) is 2.37. The van der Waals surface area contributed by atoms with Crippen LogP contribution in [0.2, 0.25) is 0 Å². The Morgan fingerprint density at radius 2 is 2.16 bits per heavy atom. The number of benzene rings is 1. The summed E-state index contributed by atoms with van der Waals surface area (Å²) in [5.74, 6) is 1.89. The summed E-state index contributed by atoms with van der Waals surface area (Å²) in [6, 6.07) is 6.19. The lowest BCUT2D eigenvalue weighted by Crippen LogP contribution is -2.12. The second-order valence-electron chi connectivity index (χ2n) is 4.58. The molecule has 0 unspecified atom stereocenters. The summed E-state index contributed by atoms with van der Waals surface area (Å²) in [7, 11) is 0. The molecule has 98 valence electrons. The Bertz CT molecular complexity index is 695. The summed E-state index contributed by atoms with van der Waals surface area (Å²) in [6.45, 7) is 5.75. The smallest absolute Gasteiger partial charge is 0.120 e. The molecule has 0 radical (unpaired) electrons. The molecule has 0 saturated carbocycles. The second kappa shape index (κ2) is 4.85. The fraction of sp³-hybridized carbons (Fsp3) is 0.286. The molecule has 0 aliphatic rings. The first-order valence-electron chi connectivity index (χ1n) is 6.47. The first-order valence-corrected chi connectivity index (χ1v) is 6.47. The van der Waals surface area contributed by atoms with Gasteiger partial charge in [0.15, 0.2) is 0 Å². The van der Waals surface area contributed by atoms with Crippen molar-refractivity contribution in [1.29, 1.82) is 0 Å². The van der Waals surface area contributed by atoms with Crippen LogP contribution in [0.1, 0.15) is 18.6 Å². The van der Waals surface area contributed by atoms with Crippen LogP contribution >= 0.6 is 0 Å². The van der Waals surface area contributed by atoms with E-state index < -0.39 is 0 Å². The van der Waals surface area contributed by atoms with E-state index in [1.807, 2.05) is 19.2 Å². The highest BCUT2D eigenvalue weighted by atomic mass is 15.0. The van der Waals surface area contributed by atoms with Crippen molar-refractivity contribution in [3.8, 4) is 11.3 Å². The van der Waals surface area contributed by atoms with Crippen LogP contribution in [0.25, 0.3) is 22.3 Å². The molecule has 2 heterocycles. The van der Waals surface area contributed by atoms with Crippen molar-refractivity contribution in [2.45, 2.75) is 20.4 Å². The molecule has 0 atom stereocenters. The third kappa shape index (κ3) is 2.37. The monoisotopic (exact) mass is 255 g/mol. The molecule has 0 amide bonds. The van der Waals surface area contributed by atoms with Gasteiger partial charge >= 0.3 is 0 Å². The molecule has 0 aliphatic carbocycles. The average Bonchev–Trinajstić information content (AvgIpc) is 3.00. The number of nitrogens with zero attached hydrogens (tertiary/aromatic N) is 2. The first-order chi connectivity index (χ1) is 9.26. The summed E-state index contributed by atoms with van der Waals surface area (Å²) in [6.07, 6.45) is 1.87. The van der Waals surface area contributed by atoms with Gasteiger partial charge in [-0.1, -0.05) is 13.0 Å². The fourth-order valence-electron chi connectivity index (χ4n) is 2.15. The lowest BCUT2D eigenvalue weighted by molar-refractivity contribution is 0.698. The van der Waals surface area contributed by atoms with Gasteiger partial charge in [-0.15, -0.1) is 0 Å². The summed E-state index contributed by atoms with van der Waals surface area (Å²) >= 11 is 0. The SMILES string of the molecule is CCNCc1ncc(-c2ccc3nc(C)[nH]c3c2)[nH]1. The molecule has 3 rings (SSSR count). The van der Waals surface area contributed by atoms with Crippen molar-refractivity contribution in [2.24, 2.45) is 0 Å². The molecule has 0 bridgehead atoms. The van der Waals surface area contributed by atoms with E-state index in [0.717, 1.165) is 47.0 Å². The molecule has 5 nitrogen and oxygen atoms in total. The molecule has 0 aliphatic heterocycles. The number of imidazole rings is 2. The Balaban J connectivity index is 1.92. The number of rotatable bonds is 4. The zero-order valence-corrected chi connectivity index (χ0v) is 11.1. The van der Waals surface area contributed by atoms with Gasteiger partial charge in [0.05, 0.1) is 29.5 Å². The third-order valence-electron chi connectivity index (χ3n) is 3.08. The van der Waals surface area contributed by atoms with Crippen LogP contribution in [0.15, 0.2) is 24.4 Å². The molecule has 3 aromatic rings. The molecule has 19 heavy (non-hydrogen) atoms. The van der Waals surface area contributed by atoms with Crippen LogP contribution in [0, 0.1) is 6.92 Å². The normalized spacial score (nSPS) is 11.3. The van der Waals surface area contributed by atoms with Crippen LogP contribution < -0.4 is 5.32 Å². The van der Waals surface area contributed by atoms with Gasteiger partial charge in [0.25, 0.3) is 0 Å². The standard InChI is InChI=1S/C14H17N5/c1-3-15-8-14-16-7-13(19-14)10-4-5-11-12(6-10)18-9(2)17-11/h4-7,15H,3,8H2,1-2H3,(H,16,19)(H,17,18). The van der Waals surface area contributed by atoms with Crippen LogP contribution in [0.5, 0.6) is 0 Å². The van der Waals surface area contributed by atoms with Crippen LogP contribution in [-0.4, -0.2) is 26.5 Å². The zero-order chi connectivity index (χ0) is 13.2. The number of H-pyrrole nitrogens is 2. The second-order valence-corrected chi connectivity index (χ2v) is 4.58. The van der Waals surface area contributed by atoms with Gasteiger partial charge in [-0.3, -0.25) is 0 Å². The largest absolute Gasteiger partial charge is 0.342 e. The van der Waals surface area contributed by atoms with E-state index in [2.05, 4.69) is 44.3 Å². The highest BCUT2D eigenvalue weighted by molar-refractivity contribution is 5.81. The molecular formula is C14H17N5. The lowest BCUT2D eigenvalue weighted by Gasteiger charge is -1.98. The summed E-state index contributed by atoms with van der Waals surface area (Å²) in [5, 5.41) is 3.25. The number of aryl methyl sites for hydroxylation is 1. The number of fused-ring (bicyclic) bond motifs is 1. The van der Waals surface area contributed by atoms with Crippen LogP contribution in [-0.2, 0) is 6.54 Å². The van der Waals surface area contributed by atoms with Crippen molar-refractivity contribution in [1.82, 2.24) is 25.3 Å². The lowest BCUT2D eigenvalue weighted by atomic mass is 10.1. The van der Waals surface area contributed by atoms with Gasteiger partial charge in [-0.05, 0) is 25.6 Å². The average molecular weight is 255 g/mol. The van der Waals surface area contributed by atoms with E-state index in [-0.39, 0.29) is 0 Å². The molecule has 1 aromatic carbocycles. The predicted molar refractivity (Wildman–Crippen MR) is 75.8 cm³/mol. The first kappa shape index (κ1) is 11.9. The maximum atomic E-state index is 4.40. The van der Waals surface area contributed by atoms with Gasteiger partial charge in [0.2, 0.25) is 0 Å². The van der Waals surface area contributed by atoms with Crippen molar-refractivity contribution < 1.29 is 0 Å². The Kier molecular flexibility index (Phi) is 3.05. The molecule has 0 saturated heterocycles. The van der Waals surface area contributed by atoms with Crippen LogP contribution in [0.3, 0.4) is 0 Å². The number of hydrogen-bond donors (Lipinski definition) is 3. The number of aromatic amines is 2. The van der Waals surface area contributed by atoms with Crippen LogP contribution in [0.4, 0.5) is 0 Å². The van der Waals surface area contributed by atoms with E-state index in [4.69, 9.17) is 0 Å². The highest BCUT2D eigenvalue weighted by Gasteiger charge is 2.05. The number of hydrogen-bond acceptors (Lipinski definition) is 3. The van der Waals surface area contributed by atoms with E-state index in [0.29, 0.717) is 0 Å². The van der Waals surface area contributed by atoms with E-state index in [1.54, 1.807) is 0 Å². The Morgan fingerprint density at radius 1 is 1.26 bits per heavy atom. The maximum Gasteiger partial charge on any atom is 0.120 e. The Morgan fingerprint density at radius 3 is 3.00 bits per heavy atom. The number of aromatic nitrogens is 4. The molecule has 0 spiro atoms. The quantitative estimate of drug-likeness (QED) is 0.670. The van der Waals surface area contributed by atoms with Gasteiger partial charge in [0, 0.05) is 5.56 Å². The van der Waals surface area contributed by atoms with E-state index in [9.17, 15) is 0 Å². The molecule has 0 fully saturated rings. The van der Waals surface area contributed by atoms with Gasteiger partial charge in [-0.25, -0.2) is 9.97 Å².